The zero-order chi connectivity index (χ0) is 18.4. The van der Waals surface area contributed by atoms with Gasteiger partial charge in [-0.15, -0.1) is 0 Å². The van der Waals surface area contributed by atoms with Crippen LogP contribution in [0.2, 0.25) is 0 Å². The number of carbonyl (C=O) groups is 3. The summed E-state index contributed by atoms with van der Waals surface area (Å²) in [6, 6.07) is 15.0. The van der Waals surface area contributed by atoms with Crippen molar-refractivity contribution in [2.24, 2.45) is 5.73 Å². The molecule has 0 heterocycles. The van der Waals surface area contributed by atoms with Crippen LogP contribution in [-0.2, 0) is 9.53 Å². The minimum Gasteiger partial charge on any atom is -0.449 e. The standard InChI is InChI=1S/C19H20N2O4/c1-12(14-6-4-3-5-7-14)21-18(23)13(2)25-19(24)16-10-8-15(9-11-16)17(20)22/h3-13H,1-2H3,(H2,20,22)(H,21,23)/t12-,13+/m1/s1. The van der Waals surface area contributed by atoms with Crippen LogP contribution in [0.3, 0.4) is 0 Å². The molecule has 0 fully saturated rings. The number of hydrogen-bond donors (Lipinski definition) is 2. The molecule has 2 aromatic carbocycles. The fraction of sp³-hybridized carbons (Fsp3) is 0.211. The highest BCUT2D eigenvalue weighted by atomic mass is 16.5. The number of primary amides is 1. The molecular formula is C19H20N2O4. The lowest BCUT2D eigenvalue weighted by Gasteiger charge is -2.18. The van der Waals surface area contributed by atoms with E-state index in [4.69, 9.17) is 10.5 Å². The van der Waals surface area contributed by atoms with Crippen LogP contribution in [0, 0.1) is 0 Å². The molecule has 0 bridgehead atoms. The molecule has 0 unspecified atom stereocenters. The van der Waals surface area contributed by atoms with Crippen LogP contribution in [0.25, 0.3) is 0 Å². The van der Waals surface area contributed by atoms with Gasteiger partial charge in [0.25, 0.3) is 5.91 Å². The van der Waals surface area contributed by atoms with Crippen LogP contribution in [0.4, 0.5) is 0 Å². The lowest BCUT2D eigenvalue weighted by Crippen LogP contribution is -2.37. The Hall–Kier alpha value is -3.15. The van der Waals surface area contributed by atoms with Gasteiger partial charge in [-0.3, -0.25) is 9.59 Å². The first-order valence-corrected chi connectivity index (χ1v) is 7.84. The van der Waals surface area contributed by atoms with E-state index in [1.165, 1.54) is 31.2 Å². The molecule has 3 N–H and O–H groups in total. The molecule has 0 aromatic heterocycles. The molecule has 2 amide bonds. The maximum atomic E-state index is 12.2. The van der Waals surface area contributed by atoms with E-state index in [2.05, 4.69) is 5.32 Å². The molecule has 2 aromatic rings. The van der Waals surface area contributed by atoms with E-state index in [1.807, 2.05) is 37.3 Å². The summed E-state index contributed by atoms with van der Waals surface area (Å²) < 4.78 is 5.17. The van der Waals surface area contributed by atoms with Gasteiger partial charge in [-0.2, -0.15) is 0 Å². The van der Waals surface area contributed by atoms with Gasteiger partial charge in [0, 0.05) is 5.56 Å². The first-order chi connectivity index (χ1) is 11.9. The fourth-order valence-electron chi connectivity index (χ4n) is 2.21. The van der Waals surface area contributed by atoms with E-state index < -0.39 is 23.9 Å². The van der Waals surface area contributed by atoms with Crippen LogP contribution in [0.5, 0.6) is 0 Å². The SMILES string of the molecule is C[C@H](OC(=O)c1ccc(C(N)=O)cc1)C(=O)N[C@H](C)c1ccccc1. The summed E-state index contributed by atoms with van der Waals surface area (Å²) in [5, 5.41) is 2.80. The molecule has 0 spiro atoms. The molecule has 25 heavy (non-hydrogen) atoms. The second kappa shape index (κ2) is 8.10. The van der Waals surface area contributed by atoms with Crippen molar-refractivity contribution in [2.75, 3.05) is 0 Å². The van der Waals surface area contributed by atoms with Crippen molar-refractivity contribution in [3.05, 3.63) is 71.3 Å². The normalized spacial score (nSPS) is 12.7. The van der Waals surface area contributed by atoms with Gasteiger partial charge in [0.05, 0.1) is 11.6 Å². The number of hydrogen-bond acceptors (Lipinski definition) is 4. The molecule has 6 nitrogen and oxygen atoms in total. The highest BCUT2D eigenvalue weighted by Gasteiger charge is 2.21. The molecule has 130 valence electrons. The Labute approximate surface area is 146 Å². The molecule has 0 saturated carbocycles. The van der Waals surface area contributed by atoms with Gasteiger partial charge < -0.3 is 15.8 Å². The molecule has 0 aliphatic heterocycles. The van der Waals surface area contributed by atoms with Crippen LogP contribution in [0.15, 0.2) is 54.6 Å². The molecule has 0 saturated heterocycles. The largest absolute Gasteiger partial charge is 0.449 e. The number of nitrogens with two attached hydrogens (primary N) is 1. The molecular weight excluding hydrogens is 320 g/mol. The predicted octanol–water partition coefficient (Wildman–Crippen LogP) is 2.21. The van der Waals surface area contributed by atoms with E-state index in [0.717, 1.165) is 5.56 Å². The van der Waals surface area contributed by atoms with Crippen molar-refractivity contribution in [3.63, 3.8) is 0 Å². The zero-order valence-corrected chi connectivity index (χ0v) is 14.1. The second-order valence-corrected chi connectivity index (χ2v) is 5.63. The Bertz CT molecular complexity index is 757. The molecule has 0 aliphatic carbocycles. The molecule has 2 rings (SSSR count). The van der Waals surface area contributed by atoms with E-state index in [1.54, 1.807) is 0 Å². The zero-order valence-electron chi connectivity index (χ0n) is 14.1. The average molecular weight is 340 g/mol. The van der Waals surface area contributed by atoms with E-state index in [-0.39, 0.29) is 11.6 Å². The highest BCUT2D eigenvalue weighted by molar-refractivity contribution is 5.96. The van der Waals surface area contributed by atoms with Crippen LogP contribution in [-0.4, -0.2) is 23.9 Å². The number of nitrogens with one attached hydrogen (secondary N) is 1. The third-order valence-corrected chi connectivity index (χ3v) is 3.72. The van der Waals surface area contributed by atoms with Crippen molar-refractivity contribution >= 4 is 17.8 Å². The summed E-state index contributed by atoms with van der Waals surface area (Å²) in [6.45, 7) is 3.35. The highest BCUT2D eigenvalue weighted by Crippen LogP contribution is 2.12. The molecule has 6 heteroatoms. The third-order valence-electron chi connectivity index (χ3n) is 3.72. The average Bonchev–Trinajstić information content (AvgIpc) is 2.62. The maximum absolute atomic E-state index is 12.2. The smallest absolute Gasteiger partial charge is 0.338 e. The van der Waals surface area contributed by atoms with Crippen molar-refractivity contribution < 1.29 is 19.1 Å². The number of benzene rings is 2. The van der Waals surface area contributed by atoms with E-state index >= 15 is 0 Å². The third kappa shape index (κ3) is 4.91. The fourth-order valence-corrected chi connectivity index (χ4v) is 2.21. The van der Waals surface area contributed by atoms with Gasteiger partial charge in [0.15, 0.2) is 6.10 Å². The van der Waals surface area contributed by atoms with Gasteiger partial charge in [0.2, 0.25) is 5.91 Å². The van der Waals surface area contributed by atoms with Gasteiger partial charge in [-0.1, -0.05) is 30.3 Å². The Kier molecular flexibility index (Phi) is 5.89. The van der Waals surface area contributed by atoms with Gasteiger partial charge >= 0.3 is 5.97 Å². The van der Waals surface area contributed by atoms with Crippen molar-refractivity contribution in [2.45, 2.75) is 26.0 Å². The first-order valence-electron chi connectivity index (χ1n) is 7.84. The predicted molar refractivity (Wildman–Crippen MR) is 92.8 cm³/mol. The minimum absolute atomic E-state index is 0.204. The number of ether oxygens (including phenoxy) is 1. The summed E-state index contributed by atoms with van der Waals surface area (Å²) in [4.78, 5) is 35.3. The molecule has 0 aliphatic rings. The number of amides is 2. The van der Waals surface area contributed by atoms with Crippen LogP contribution >= 0.6 is 0 Å². The summed E-state index contributed by atoms with van der Waals surface area (Å²) in [5.74, 6) is -1.62. The van der Waals surface area contributed by atoms with Crippen molar-refractivity contribution in [1.29, 1.82) is 0 Å². The van der Waals surface area contributed by atoms with E-state index in [9.17, 15) is 14.4 Å². The Balaban J connectivity index is 1.93. The van der Waals surface area contributed by atoms with Gasteiger partial charge in [0.1, 0.15) is 0 Å². The number of carbonyl (C=O) groups excluding carboxylic acids is 3. The lowest BCUT2D eigenvalue weighted by atomic mass is 10.1. The van der Waals surface area contributed by atoms with Gasteiger partial charge in [-0.25, -0.2) is 4.79 Å². The van der Waals surface area contributed by atoms with Crippen LogP contribution < -0.4 is 11.1 Å². The van der Waals surface area contributed by atoms with E-state index in [0.29, 0.717) is 5.56 Å². The van der Waals surface area contributed by atoms with Gasteiger partial charge in [-0.05, 0) is 43.7 Å². The van der Waals surface area contributed by atoms with Crippen molar-refractivity contribution in [1.82, 2.24) is 5.32 Å². The Morgan fingerprint density at radius 1 is 0.920 bits per heavy atom. The molecule has 2 atom stereocenters. The first kappa shape index (κ1) is 18.2. The summed E-state index contributed by atoms with van der Waals surface area (Å²) >= 11 is 0. The second-order valence-electron chi connectivity index (χ2n) is 5.63. The topological polar surface area (TPSA) is 98.5 Å². The molecule has 0 radical (unpaired) electrons. The summed E-state index contributed by atoms with van der Waals surface area (Å²) in [6.07, 6.45) is -0.950. The van der Waals surface area contributed by atoms with Crippen LogP contribution in [0.1, 0.15) is 46.2 Å². The quantitative estimate of drug-likeness (QED) is 0.788. The summed E-state index contributed by atoms with van der Waals surface area (Å²) in [7, 11) is 0. The monoisotopic (exact) mass is 340 g/mol. The minimum atomic E-state index is -0.950. The summed E-state index contributed by atoms with van der Waals surface area (Å²) in [5.41, 5.74) is 6.63. The lowest BCUT2D eigenvalue weighted by molar-refractivity contribution is -0.129. The number of rotatable bonds is 6. The Morgan fingerprint density at radius 3 is 2.04 bits per heavy atom. The number of esters is 1. The van der Waals surface area contributed by atoms with Crippen molar-refractivity contribution in [3.8, 4) is 0 Å². The Morgan fingerprint density at radius 2 is 1.48 bits per heavy atom. The maximum Gasteiger partial charge on any atom is 0.338 e.